The Labute approximate surface area is 76.5 Å². The molecule has 1 nitrogen and oxygen atoms in total. The molecule has 0 spiro atoms. The summed E-state index contributed by atoms with van der Waals surface area (Å²) in [5, 5.41) is 0.781. The molecule has 0 N–H and O–H groups in total. The summed E-state index contributed by atoms with van der Waals surface area (Å²) in [4.78, 5) is 0. The first-order valence-electron chi connectivity index (χ1n) is 3.27. The maximum Gasteiger partial charge on any atom is 0.0481 e. The number of hydrogen-bond acceptors (Lipinski definition) is 2. The highest BCUT2D eigenvalue weighted by atomic mass is 35.5. The van der Waals surface area contributed by atoms with Gasteiger partial charge >= 0.3 is 0 Å². The van der Waals surface area contributed by atoms with Gasteiger partial charge in [0.2, 0.25) is 0 Å². The Balaban J connectivity index is 2.86. The van der Waals surface area contributed by atoms with Gasteiger partial charge in [-0.2, -0.15) is 0 Å². The summed E-state index contributed by atoms with van der Waals surface area (Å²) >= 11 is 7.47. The smallest absolute Gasteiger partial charge is 0.0481 e. The van der Waals surface area contributed by atoms with Crippen LogP contribution in [0.3, 0.4) is 0 Å². The van der Waals surface area contributed by atoms with E-state index in [2.05, 4.69) is 4.31 Å². The van der Waals surface area contributed by atoms with E-state index in [0.717, 1.165) is 10.7 Å². The van der Waals surface area contributed by atoms with Crippen LogP contribution in [0.2, 0.25) is 5.02 Å². The molecule has 0 aliphatic carbocycles. The molecular formula is C8H10ClNS. The third kappa shape index (κ3) is 2.31. The van der Waals surface area contributed by atoms with Crippen LogP contribution in [-0.4, -0.2) is 13.3 Å². The third-order valence-corrected chi connectivity index (χ3v) is 2.44. The van der Waals surface area contributed by atoms with Gasteiger partial charge in [0.25, 0.3) is 0 Å². The first-order valence-corrected chi connectivity index (χ1v) is 4.83. The summed E-state index contributed by atoms with van der Waals surface area (Å²) < 4.78 is 2.06. The SMILES string of the molecule is CSN(C)c1cccc(Cl)c1. The van der Waals surface area contributed by atoms with E-state index < -0.39 is 0 Å². The van der Waals surface area contributed by atoms with E-state index in [0.29, 0.717) is 0 Å². The second-order valence-corrected chi connectivity index (χ2v) is 3.51. The number of nitrogens with zero attached hydrogens (tertiary/aromatic N) is 1. The van der Waals surface area contributed by atoms with E-state index in [1.54, 1.807) is 11.9 Å². The number of rotatable bonds is 2. The molecule has 0 aliphatic heterocycles. The summed E-state index contributed by atoms with van der Waals surface area (Å²) in [6.45, 7) is 0. The molecule has 1 aromatic carbocycles. The molecule has 60 valence electrons. The standard InChI is InChI=1S/C8H10ClNS/c1-10(11-2)8-5-3-4-7(9)6-8/h3-6H,1-2H3. The van der Waals surface area contributed by atoms with Gasteiger partial charge < -0.3 is 4.31 Å². The van der Waals surface area contributed by atoms with Crippen molar-refractivity contribution in [3.8, 4) is 0 Å². The lowest BCUT2D eigenvalue weighted by Crippen LogP contribution is -2.04. The fraction of sp³-hybridized carbons (Fsp3) is 0.250. The number of hydrogen-bond donors (Lipinski definition) is 0. The van der Waals surface area contributed by atoms with Crippen molar-refractivity contribution in [3.63, 3.8) is 0 Å². The highest BCUT2D eigenvalue weighted by Crippen LogP contribution is 2.21. The maximum atomic E-state index is 5.81. The molecule has 0 radical (unpaired) electrons. The van der Waals surface area contributed by atoms with Gasteiger partial charge in [-0.25, -0.2) is 0 Å². The first kappa shape index (κ1) is 8.75. The Kier molecular flexibility index (Phi) is 3.09. The molecule has 1 aromatic rings. The average molecular weight is 188 g/mol. The van der Waals surface area contributed by atoms with E-state index in [9.17, 15) is 0 Å². The van der Waals surface area contributed by atoms with Crippen molar-refractivity contribution in [2.45, 2.75) is 0 Å². The normalized spacial score (nSPS) is 9.73. The molecule has 0 bridgehead atoms. The predicted octanol–water partition coefficient (Wildman–Crippen LogP) is 3.05. The lowest BCUT2D eigenvalue weighted by molar-refractivity contribution is 1.36. The minimum absolute atomic E-state index is 0.781. The Morgan fingerprint density at radius 1 is 1.45 bits per heavy atom. The quantitative estimate of drug-likeness (QED) is 0.655. The van der Waals surface area contributed by atoms with Gasteiger partial charge in [-0.05, 0) is 18.2 Å². The highest BCUT2D eigenvalue weighted by molar-refractivity contribution is 7.99. The van der Waals surface area contributed by atoms with Crippen LogP contribution in [0.5, 0.6) is 0 Å². The largest absolute Gasteiger partial charge is 0.319 e. The second kappa shape index (κ2) is 3.88. The Bertz CT molecular complexity index is 239. The molecular weight excluding hydrogens is 178 g/mol. The van der Waals surface area contributed by atoms with Gasteiger partial charge in [0.15, 0.2) is 0 Å². The molecule has 0 heterocycles. The van der Waals surface area contributed by atoms with Crippen molar-refractivity contribution in [2.75, 3.05) is 17.6 Å². The minimum atomic E-state index is 0.781. The van der Waals surface area contributed by atoms with Crippen LogP contribution in [0.1, 0.15) is 0 Å². The third-order valence-electron chi connectivity index (χ3n) is 1.45. The fourth-order valence-electron chi connectivity index (χ4n) is 0.777. The number of anilines is 1. The Morgan fingerprint density at radius 2 is 2.18 bits per heavy atom. The summed E-state index contributed by atoms with van der Waals surface area (Å²) in [6, 6.07) is 7.80. The summed E-state index contributed by atoms with van der Waals surface area (Å²) in [5.74, 6) is 0. The predicted molar refractivity (Wildman–Crippen MR) is 53.4 cm³/mol. The van der Waals surface area contributed by atoms with E-state index >= 15 is 0 Å². The van der Waals surface area contributed by atoms with Crippen molar-refractivity contribution in [3.05, 3.63) is 29.3 Å². The topological polar surface area (TPSA) is 3.24 Å². The van der Waals surface area contributed by atoms with Crippen LogP contribution < -0.4 is 4.31 Å². The summed E-state index contributed by atoms with van der Waals surface area (Å²) in [5.41, 5.74) is 1.13. The van der Waals surface area contributed by atoms with Crippen molar-refractivity contribution in [2.24, 2.45) is 0 Å². The molecule has 0 unspecified atom stereocenters. The Hall–Kier alpha value is -0.340. The maximum absolute atomic E-state index is 5.81. The van der Waals surface area contributed by atoms with Gasteiger partial charge in [-0.3, -0.25) is 0 Å². The van der Waals surface area contributed by atoms with Crippen LogP contribution in [0.15, 0.2) is 24.3 Å². The summed E-state index contributed by atoms with van der Waals surface area (Å²) in [6.07, 6.45) is 2.03. The molecule has 0 atom stereocenters. The van der Waals surface area contributed by atoms with E-state index in [1.165, 1.54) is 0 Å². The zero-order chi connectivity index (χ0) is 8.27. The molecule has 3 heteroatoms. The van der Waals surface area contributed by atoms with Crippen LogP contribution in [0.4, 0.5) is 5.69 Å². The Morgan fingerprint density at radius 3 is 2.73 bits per heavy atom. The van der Waals surface area contributed by atoms with Crippen LogP contribution >= 0.6 is 23.5 Å². The molecule has 0 aromatic heterocycles. The number of halogens is 1. The minimum Gasteiger partial charge on any atom is -0.319 e. The molecule has 0 fully saturated rings. The van der Waals surface area contributed by atoms with Crippen LogP contribution in [0, 0.1) is 0 Å². The van der Waals surface area contributed by atoms with Crippen LogP contribution in [-0.2, 0) is 0 Å². The van der Waals surface area contributed by atoms with Gasteiger partial charge in [-0.1, -0.05) is 29.6 Å². The lowest BCUT2D eigenvalue weighted by Gasteiger charge is -2.14. The molecule has 0 saturated carbocycles. The van der Waals surface area contributed by atoms with Crippen molar-refractivity contribution in [1.82, 2.24) is 0 Å². The number of benzene rings is 1. The van der Waals surface area contributed by atoms with Crippen LogP contribution in [0.25, 0.3) is 0 Å². The van der Waals surface area contributed by atoms with Crippen molar-refractivity contribution < 1.29 is 0 Å². The van der Waals surface area contributed by atoms with Gasteiger partial charge in [0.05, 0.1) is 0 Å². The zero-order valence-electron chi connectivity index (χ0n) is 6.54. The van der Waals surface area contributed by atoms with E-state index in [-0.39, 0.29) is 0 Å². The molecule has 11 heavy (non-hydrogen) atoms. The molecule has 0 amide bonds. The van der Waals surface area contributed by atoms with Gasteiger partial charge in [0.1, 0.15) is 0 Å². The average Bonchev–Trinajstić information content (AvgIpc) is 2.03. The second-order valence-electron chi connectivity index (χ2n) is 2.16. The van der Waals surface area contributed by atoms with E-state index in [1.807, 2.05) is 37.6 Å². The molecule has 0 saturated heterocycles. The first-order chi connectivity index (χ1) is 5.24. The molecule has 0 aliphatic rings. The fourth-order valence-corrected chi connectivity index (χ4v) is 1.29. The van der Waals surface area contributed by atoms with Gasteiger partial charge in [0, 0.05) is 24.0 Å². The van der Waals surface area contributed by atoms with Gasteiger partial charge in [-0.15, -0.1) is 0 Å². The van der Waals surface area contributed by atoms with Crippen molar-refractivity contribution in [1.29, 1.82) is 0 Å². The highest BCUT2D eigenvalue weighted by Gasteiger charge is 1.97. The van der Waals surface area contributed by atoms with Crippen molar-refractivity contribution >= 4 is 29.2 Å². The van der Waals surface area contributed by atoms with E-state index in [4.69, 9.17) is 11.6 Å². The summed E-state index contributed by atoms with van der Waals surface area (Å²) in [7, 11) is 2.01. The molecule has 1 rings (SSSR count). The zero-order valence-corrected chi connectivity index (χ0v) is 8.12. The monoisotopic (exact) mass is 187 g/mol. The lowest BCUT2D eigenvalue weighted by atomic mass is 10.3.